The number of carbonyl (C=O) groups excluding carboxylic acids is 1. The van der Waals surface area contributed by atoms with Crippen LogP contribution in [-0.4, -0.2) is 56.7 Å². The van der Waals surface area contributed by atoms with E-state index in [1.54, 1.807) is 12.3 Å². The normalized spacial score (nSPS) is 22.5. The molecule has 10 nitrogen and oxygen atoms in total. The first-order valence-corrected chi connectivity index (χ1v) is 13.5. The van der Waals surface area contributed by atoms with Gasteiger partial charge in [0.15, 0.2) is 15.6 Å². The third-order valence-corrected chi connectivity index (χ3v) is 7.74. The van der Waals surface area contributed by atoms with E-state index < -0.39 is 23.3 Å². The molecule has 1 N–H and O–H groups in total. The molecule has 196 valence electrons. The molecular weight excluding hydrogens is 594 g/mol. The Balaban J connectivity index is 1.25. The first kappa shape index (κ1) is 24.6. The first-order chi connectivity index (χ1) is 17.6. The molecule has 37 heavy (non-hydrogen) atoms. The van der Waals surface area contributed by atoms with Gasteiger partial charge in [0.05, 0.1) is 12.8 Å². The number of halogens is 2. The van der Waals surface area contributed by atoms with Crippen molar-refractivity contribution in [3.8, 4) is 5.75 Å². The topological polar surface area (TPSA) is 104 Å². The maximum Gasteiger partial charge on any atom is 0.408 e. The Labute approximate surface area is 227 Å². The summed E-state index contributed by atoms with van der Waals surface area (Å²) >= 11 is 2.17. The molecule has 0 saturated carbocycles. The van der Waals surface area contributed by atoms with Crippen LogP contribution in [0.2, 0.25) is 0 Å². The summed E-state index contributed by atoms with van der Waals surface area (Å²) in [4.78, 5) is 24.4. The summed E-state index contributed by atoms with van der Waals surface area (Å²) in [6.45, 7) is 7.41. The Bertz CT molecular complexity index is 1360. The van der Waals surface area contributed by atoms with Gasteiger partial charge < -0.3 is 24.4 Å². The van der Waals surface area contributed by atoms with Gasteiger partial charge in [-0.15, -0.1) is 0 Å². The second-order valence-electron chi connectivity index (χ2n) is 10.7. The molecule has 1 amide bonds. The zero-order valence-corrected chi connectivity index (χ0v) is 23.0. The number of carbonyl (C=O) groups is 1. The van der Waals surface area contributed by atoms with E-state index >= 15 is 0 Å². The van der Waals surface area contributed by atoms with Gasteiger partial charge in [-0.05, 0) is 49.4 Å². The van der Waals surface area contributed by atoms with Gasteiger partial charge in [-0.2, -0.15) is 5.10 Å². The van der Waals surface area contributed by atoms with Crippen molar-refractivity contribution >= 4 is 45.7 Å². The van der Waals surface area contributed by atoms with E-state index in [4.69, 9.17) is 19.2 Å². The highest BCUT2D eigenvalue weighted by Gasteiger charge is 2.51. The second-order valence-corrected chi connectivity index (χ2v) is 11.7. The average molecular weight is 622 g/mol. The number of hydrogen-bond donors (Lipinski definition) is 1. The van der Waals surface area contributed by atoms with Crippen molar-refractivity contribution in [1.82, 2.24) is 25.1 Å². The van der Waals surface area contributed by atoms with Gasteiger partial charge in [-0.25, -0.2) is 23.8 Å². The van der Waals surface area contributed by atoms with Crippen molar-refractivity contribution in [2.75, 3.05) is 24.6 Å². The predicted octanol–water partition coefficient (Wildman–Crippen LogP) is 4.49. The minimum atomic E-state index is -0.724. The minimum Gasteiger partial charge on any atom is -0.484 e. The molecule has 3 aliphatic rings. The third kappa shape index (κ3) is 4.47. The molecule has 1 unspecified atom stereocenters. The lowest BCUT2D eigenvalue weighted by molar-refractivity contribution is -0.104. The fourth-order valence-corrected chi connectivity index (χ4v) is 5.78. The van der Waals surface area contributed by atoms with Crippen LogP contribution < -0.4 is 15.0 Å². The number of nitrogens with zero attached hydrogens (tertiary/aromatic N) is 5. The molecule has 2 aromatic heterocycles. The van der Waals surface area contributed by atoms with Gasteiger partial charge in [0, 0.05) is 44.0 Å². The largest absolute Gasteiger partial charge is 0.484 e. The predicted molar refractivity (Wildman–Crippen MR) is 141 cm³/mol. The average Bonchev–Trinajstić information content (AvgIpc) is 3.26. The number of piperidine rings is 1. The molecule has 6 rings (SSSR count). The van der Waals surface area contributed by atoms with Crippen molar-refractivity contribution in [3.05, 3.63) is 39.5 Å². The molecule has 2 atom stereocenters. The lowest BCUT2D eigenvalue weighted by atomic mass is 9.82. The van der Waals surface area contributed by atoms with Crippen LogP contribution in [0.3, 0.4) is 0 Å². The number of fused-ring (bicyclic) bond motifs is 2. The molecule has 12 heteroatoms. The highest BCUT2D eigenvalue weighted by atomic mass is 127. The maximum absolute atomic E-state index is 14.0. The summed E-state index contributed by atoms with van der Waals surface area (Å²) in [6.07, 6.45) is 3.21. The molecule has 0 aliphatic carbocycles. The Morgan fingerprint density at radius 3 is 2.73 bits per heavy atom. The van der Waals surface area contributed by atoms with Crippen LogP contribution in [0.25, 0.3) is 11.2 Å². The van der Waals surface area contributed by atoms with Gasteiger partial charge in [0.1, 0.15) is 40.1 Å². The van der Waals surface area contributed by atoms with Crippen LogP contribution in [0.5, 0.6) is 5.75 Å². The zero-order valence-electron chi connectivity index (χ0n) is 20.8. The van der Waals surface area contributed by atoms with Crippen LogP contribution in [0.15, 0.2) is 24.4 Å². The summed E-state index contributed by atoms with van der Waals surface area (Å²) in [5.74, 6) is 0.821. The van der Waals surface area contributed by atoms with Crippen LogP contribution in [-0.2, 0) is 9.47 Å². The van der Waals surface area contributed by atoms with Crippen molar-refractivity contribution in [2.24, 2.45) is 0 Å². The number of hydrogen-bond acceptors (Lipinski definition) is 8. The highest BCUT2D eigenvalue weighted by Crippen LogP contribution is 2.49. The zero-order chi connectivity index (χ0) is 25.9. The highest BCUT2D eigenvalue weighted by molar-refractivity contribution is 14.1. The molecule has 1 aromatic carbocycles. The smallest absolute Gasteiger partial charge is 0.408 e. The molecule has 2 fully saturated rings. The quantitative estimate of drug-likeness (QED) is 0.427. The molecular formula is C25H28FIN6O4. The number of anilines is 1. The summed E-state index contributed by atoms with van der Waals surface area (Å²) in [5.41, 5.74) is 0.847. The van der Waals surface area contributed by atoms with Crippen molar-refractivity contribution in [1.29, 1.82) is 0 Å². The summed E-state index contributed by atoms with van der Waals surface area (Å²) in [7, 11) is 0. The Morgan fingerprint density at radius 2 is 2.05 bits per heavy atom. The lowest BCUT2D eigenvalue weighted by Gasteiger charge is -2.42. The standard InChI is InChI=1S/C25H28FIN6O4/c1-24(2,3)37-23(34)30-20-15-5-4-14(26)12-16(15)36-25(20)7-9-32(10-8-25)17-13-28-19-21(27)31-33(22(19)29-17)18-6-11-35-18/h4-5,12-13,18,20H,6-11H2,1-3H3,(H,30,34)/t18?,20-/m1/s1. The van der Waals surface area contributed by atoms with E-state index in [1.165, 1.54) is 12.1 Å². The van der Waals surface area contributed by atoms with Gasteiger partial charge in [-0.1, -0.05) is 6.07 Å². The van der Waals surface area contributed by atoms with Crippen LogP contribution in [0, 0.1) is 9.52 Å². The Kier molecular flexibility index (Phi) is 5.93. The molecule has 0 bridgehead atoms. The Morgan fingerprint density at radius 1 is 1.30 bits per heavy atom. The molecule has 0 radical (unpaired) electrons. The van der Waals surface area contributed by atoms with Crippen molar-refractivity contribution in [3.63, 3.8) is 0 Å². The number of alkyl carbamates (subject to hydrolysis) is 1. The van der Waals surface area contributed by atoms with E-state index in [1.807, 2.05) is 25.5 Å². The summed E-state index contributed by atoms with van der Waals surface area (Å²) in [5, 5.41) is 7.59. The molecule has 3 aliphatic heterocycles. The van der Waals surface area contributed by atoms with Crippen LogP contribution >= 0.6 is 22.6 Å². The first-order valence-electron chi connectivity index (χ1n) is 12.4. The van der Waals surface area contributed by atoms with E-state index in [-0.39, 0.29) is 12.0 Å². The summed E-state index contributed by atoms with van der Waals surface area (Å²) < 4.78 is 34.2. The summed E-state index contributed by atoms with van der Waals surface area (Å²) in [6, 6.07) is 3.98. The monoisotopic (exact) mass is 622 g/mol. The van der Waals surface area contributed by atoms with Crippen molar-refractivity contribution in [2.45, 2.75) is 63.5 Å². The maximum atomic E-state index is 14.0. The fraction of sp³-hybridized carbons (Fsp3) is 0.520. The number of nitrogens with one attached hydrogen (secondary N) is 1. The number of aromatic nitrogens is 4. The van der Waals surface area contributed by atoms with Crippen LogP contribution in [0.4, 0.5) is 15.0 Å². The fourth-order valence-electron chi connectivity index (χ4n) is 5.17. The number of rotatable bonds is 3. The number of benzene rings is 1. The van der Waals surface area contributed by atoms with E-state index in [2.05, 4.69) is 42.9 Å². The number of amides is 1. The van der Waals surface area contributed by atoms with E-state index in [0.29, 0.717) is 43.9 Å². The van der Waals surface area contributed by atoms with Gasteiger partial charge in [0.25, 0.3) is 0 Å². The molecule has 1 spiro atoms. The minimum absolute atomic E-state index is 0.106. The van der Waals surface area contributed by atoms with Crippen molar-refractivity contribution < 1.29 is 23.4 Å². The van der Waals surface area contributed by atoms with E-state index in [9.17, 15) is 9.18 Å². The van der Waals surface area contributed by atoms with Gasteiger partial charge in [0.2, 0.25) is 0 Å². The Hall–Kier alpha value is -2.74. The SMILES string of the molecule is CC(C)(C)OC(=O)N[C@@H]1c2ccc(F)cc2OC12CCN(c1cnc3c(I)nn(C4CCO4)c3n1)CC2. The second kappa shape index (κ2) is 8.93. The molecule has 3 aromatic rings. The van der Waals surface area contributed by atoms with Crippen LogP contribution in [0.1, 0.15) is 57.9 Å². The lowest BCUT2D eigenvalue weighted by Crippen LogP contribution is -2.54. The molecule has 5 heterocycles. The number of ether oxygens (including phenoxy) is 3. The van der Waals surface area contributed by atoms with Gasteiger partial charge in [-0.3, -0.25) is 0 Å². The van der Waals surface area contributed by atoms with Gasteiger partial charge >= 0.3 is 6.09 Å². The van der Waals surface area contributed by atoms with E-state index in [0.717, 1.165) is 27.0 Å². The molecule has 2 saturated heterocycles. The third-order valence-electron chi connectivity index (χ3n) is 7.02.